The lowest BCUT2D eigenvalue weighted by Gasteiger charge is -2.19. The minimum atomic E-state index is -0.0316. The Balaban J connectivity index is 2.12. The third-order valence-electron chi connectivity index (χ3n) is 2.90. The van der Waals surface area contributed by atoms with Crippen LogP contribution in [-0.2, 0) is 11.3 Å². The number of carbonyl (C=O) groups excluding carboxylic acids is 1. The number of amides is 1. The van der Waals surface area contributed by atoms with Crippen LogP contribution in [0, 0.1) is 0 Å². The van der Waals surface area contributed by atoms with Crippen molar-refractivity contribution < 1.29 is 9.32 Å². The number of hydrogen-bond acceptors (Lipinski definition) is 5. The van der Waals surface area contributed by atoms with Gasteiger partial charge in [0, 0.05) is 13.0 Å². The molecular weight excluding hydrogens is 220 g/mol. The van der Waals surface area contributed by atoms with Crippen molar-refractivity contribution in [3.63, 3.8) is 0 Å². The van der Waals surface area contributed by atoms with Crippen LogP contribution in [0.3, 0.4) is 0 Å². The fourth-order valence-corrected chi connectivity index (χ4v) is 2.14. The van der Waals surface area contributed by atoms with E-state index in [0.29, 0.717) is 31.2 Å². The molecule has 0 aliphatic carbocycles. The minimum Gasteiger partial charge on any atom is -0.337 e. The Kier molecular flexibility index (Phi) is 3.42. The van der Waals surface area contributed by atoms with Gasteiger partial charge in [0.15, 0.2) is 5.82 Å². The molecule has 0 bridgehead atoms. The summed E-state index contributed by atoms with van der Waals surface area (Å²) in [7, 11) is 3.90. The summed E-state index contributed by atoms with van der Waals surface area (Å²) < 4.78 is 5.25. The topological polar surface area (TPSA) is 62.5 Å². The molecule has 1 atom stereocenters. The molecule has 0 N–H and O–H groups in total. The number of likely N-dealkylation sites (tertiary alicyclic amines) is 1. The molecule has 0 unspecified atom stereocenters. The summed E-state index contributed by atoms with van der Waals surface area (Å²) in [5, 5.41) is 3.93. The highest BCUT2D eigenvalue weighted by Gasteiger charge is 2.34. The van der Waals surface area contributed by atoms with Crippen molar-refractivity contribution in [1.82, 2.24) is 19.9 Å². The van der Waals surface area contributed by atoms with E-state index in [1.54, 1.807) is 4.90 Å². The molecule has 2 rings (SSSR count). The van der Waals surface area contributed by atoms with Gasteiger partial charge in [0.05, 0.1) is 6.54 Å². The van der Waals surface area contributed by atoms with E-state index >= 15 is 0 Å². The van der Waals surface area contributed by atoms with Crippen LogP contribution in [0.4, 0.5) is 0 Å². The maximum atomic E-state index is 11.6. The normalized spacial score (nSPS) is 20.6. The largest absolute Gasteiger partial charge is 0.337 e. The molecule has 0 spiro atoms. The van der Waals surface area contributed by atoms with Crippen molar-refractivity contribution >= 4 is 5.91 Å². The molecule has 94 valence electrons. The highest BCUT2D eigenvalue weighted by molar-refractivity contribution is 5.78. The van der Waals surface area contributed by atoms with Crippen LogP contribution in [0.5, 0.6) is 0 Å². The average Bonchev–Trinajstić information content (AvgIpc) is 2.83. The Morgan fingerprint density at radius 1 is 1.53 bits per heavy atom. The predicted molar refractivity (Wildman–Crippen MR) is 61.1 cm³/mol. The van der Waals surface area contributed by atoms with E-state index in [-0.39, 0.29) is 11.9 Å². The first kappa shape index (κ1) is 12.0. The van der Waals surface area contributed by atoms with E-state index in [0.717, 1.165) is 6.42 Å². The summed E-state index contributed by atoms with van der Waals surface area (Å²) in [6.45, 7) is 3.30. The number of nitrogens with zero attached hydrogens (tertiary/aromatic N) is 4. The second-order valence-electron chi connectivity index (χ2n) is 4.52. The van der Waals surface area contributed by atoms with Gasteiger partial charge in [-0.25, -0.2) is 0 Å². The van der Waals surface area contributed by atoms with E-state index in [9.17, 15) is 4.79 Å². The third-order valence-corrected chi connectivity index (χ3v) is 2.90. The van der Waals surface area contributed by atoms with Crippen LogP contribution in [-0.4, -0.2) is 46.5 Å². The Morgan fingerprint density at radius 2 is 2.29 bits per heavy atom. The average molecular weight is 238 g/mol. The molecule has 0 radical (unpaired) electrons. The van der Waals surface area contributed by atoms with E-state index in [1.807, 2.05) is 25.9 Å². The highest BCUT2D eigenvalue weighted by Crippen LogP contribution is 2.31. The van der Waals surface area contributed by atoms with Crippen LogP contribution in [0.25, 0.3) is 0 Å². The van der Waals surface area contributed by atoms with Gasteiger partial charge >= 0.3 is 0 Å². The Morgan fingerprint density at radius 3 is 2.94 bits per heavy atom. The lowest BCUT2D eigenvalue weighted by Crippen LogP contribution is -2.27. The summed E-state index contributed by atoms with van der Waals surface area (Å²) in [6, 6.07) is -0.0316. The zero-order valence-electron chi connectivity index (χ0n) is 10.5. The zero-order chi connectivity index (χ0) is 12.4. The van der Waals surface area contributed by atoms with Gasteiger partial charge in [0.2, 0.25) is 11.8 Å². The fraction of sp³-hybridized carbons (Fsp3) is 0.727. The van der Waals surface area contributed by atoms with Crippen LogP contribution in [0.15, 0.2) is 4.52 Å². The summed E-state index contributed by atoms with van der Waals surface area (Å²) >= 11 is 0. The van der Waals surface area contributed by atoms with E-state index in [2.05, 4.69) is 10.1 Å². The van der Waals surface area contributed by atoms with Crippen LogP contribution >= 0.6 is 0 Å². The first-order valence-electron chi connectivity index (χ1n) is 5.88. The van der Waals surface area contributed by atoms with Gasteiger partial charge in [0.25, 0.3) is 0 Å². The van der Waals surface area contributed by atoms with Gasteiger partial charge < -0.3 is 14.3 Å². The molecule has 17 heavy (non-hydrogen) atoms. The van der Waals surface area contributed by atoms with Crippen LogP contribution in [0.1, 0.15) is 37.5 Å². The van der Waals surface area contributed by atoms with E-state index in [4.69, 9.17) is 4.52 Å². The SMILES string of the molecule is CCN1C(=O)CC[C@H]1c1nc(CN(C)C)no1. The molecule has 1 aliphatic rings. The number of hydrogen-bond donors (Lipinski definition) is 0. The predicted octanol–water partition coefficient (Wildman–Crippen LogP) is 0.815. The van der Waals surface area contributed by atoms with Crippen molar-refractivity contribution in [2.75, 3.05) is 20.6 Å². The first-order chi connectivity index (χ1) is 8.11. The number of aromatic nitrogens is 2. The van der Waals surface area contributed by atoms with Gasteiger partial charge in [-0.05, 0) is 27.4 Å². The molecule has 6 heteroatoms. The molecule has 0 saturated carbocycles. The van der Waals surface area contributed by atoms with Gasteiger partial charge in [0.1, 0.15) is 6.04 Å². The lowest BCUT2D eigenvalue weighted by molar-refractivity contribution is -0.129. The zero-order valence-corrected chi connectivity index (χ0v) is 10.5. The molecule has 6 nitrogen and oxygen atoms in total. The molecule has 0 aromatic carbocycles. The van der Waals surface area contributed by atoms with E-state index in [1.165, 1.54) is 0 Å². The third kappa shape index (κ3) is 2.46. The first-order valence-corrected chi connectivity index (χ1v) is 5.88. The van der Waals surface area contributed by atoms with Gasteiger partial charge in [-0.15, -0.1) is 0 Å². The maximum absolute atomic E-state index is 11.6. The molecule has 2 heterocycles. The monoisotopic (exact) mass is 238 g/mol. The summed E-state index contributed by atoms with van der Waals surface area (Å²) in [6.07, 6.45) is 1.35. The van der Waals surface area contributed by atoms with Gasteiger partial charge in [-0.3, -0.25) is 4.79 Å². The maximum Gasteiger partial charge on any atom is 0.249 e. The quantitative estimate of drug-likeness (QED) is 0.777. The number of carbonyl (C=O) groups is 1. The smallest absolute Gasteiger partial charge is 0.249 e. The summed E-state index contributed by atoms with van der Waals surface area (Å²) in [5.74, 6) is 1.40. The molecule has 1 aromatic rings. The van der Waals surface area contributed by atoms with Crippen molar-refractivity contribution in [2.24, 2.45) is 0 Å². The number of rotatable bonds is 4. The second-order valence-corrected chi connectivity index (χ2v) is 4.52. The molecule has 1 aliphatic heterocycles. The standard InChI is InChI=1S/C11H18N4O2/c1-4-15-8(5-6-10(15)16)11-12-9(13-17-11)7-14(2)3/h8H,4-7H2,1-3H3/t8-/m0/s1. The van der Waals surface area contributed by atoms with Gasteiger partial charge in [-0.1, -0.05) is 5.16 Å². The minimum absolute atomic E-state index is 0.0316. The molecular formula is C11H18N4O2. The van der Waals surface area contributed by atoms with Gasteiger partial charge in [-0.2, -0.15) is 4.98 Å². The Hall–Kier alpha value is -1.43. The van der Waals surface area contributed by atoms with Crippen molar-refractivity contribution in [2.45, 2.75) is 32.4 Å². The molecule has 1 aromatic heterocycles. The molecule has 1 fully saturated rings. The second kappa shape index (κ2) is 4.83. The molecule has 1 saturated heterocycles. The van der Waals surface area contributed by atoms with Crippen LogP contribution < -0.4 is 0 Å². The molecule has 1 amide bonds. The van der Waals surface area contributed by atoms with Crippen molar-refractivity contribution in [3.05, 3.63) is 11.7 Å². The van der Waals surface area contributed by atoms with Crippen molar-refractivity contribution in [3.8, 4) is 0 Å². The fourth-order valence-electron chi connectivity index (χ4n) is 2.14. The highest BCUT2D eigenvalue weighted by atomic mass is 16.5. The van der Waals surface area contributed by atoms with Crippen molar-refractivity contribution in [1.29, 1.82) is 0 Å². The van der Waals surface area contributed by atoms with Crippen LogP contribution in [0.2, 0.25) is 0 Å². The lowest BCUT2D eigenvalue weighted by atomic mass is 10.2. The van der Waals surface area contributed by atoms with E-state index < -0.39 is 0 Å². The Bertz CT molecular complexity index is 402. The summed E-state index contributed by atoms with van der Waals surface area (Å²) in [4.78, 5) is 19.7. The Labute approximate surface area is 101 Å². The summed E-state index contributed by atoms with van der Waals surface area (Å²) in [5.41, 5.74) is 0.